The van der Waals surface area contributed by atoms with Crippen molar-refractivity contribution in [3.8, 4) is 0 Å². The van der Waals surface area contributed by atoms with Gasteiger partial charge in [-0.3, -0.25) is 10.1 Å². The molecule has 1 aromatic carbocycles. The smallest absolute Gasteiger partial charge is 0.202 e. The number of nitrogens with two attached hydrogens (primary N) is 1. The van der Waals surface area contributed by atoms with Gasteiger partial charge in [0.15, 0.2) is 0 Å². The number of aromatic nitrogens is 5. The quantitative estimate of drug-likeness (QED) is 0.504. The molecule has 3 aromatic heterocycles. The SMILES string of the molecule is C=C(c1ccnc(C)c1)c1[nH]nc2nc(N3CCC4(CC3)Cc3ccccc3[C@H]4N)cnc12. The minimum Gasteiger partial charge on any atom is -0.355 e. The van der Waals surface area contributed by atoms with Crippen molar-refractivity contribution >= 4 is 22.6 Å². The maximum absolute atomic E-state index is 6.73. The molecule has 0 amide bonds. The average molecular weight is 438 g/mol. The van der Waals surface area contributed by atoms with Crippen molar-refractivity contribution in [3.05, 3.63) is 83.4 Å². The van der Waals surface area contributed by atoms with E-state index in [9.17, 15) is 0 Å². The molecule has 4 aromatic rings. The van der Waals surface area contributed by atoms with Gasteiger partial charge in [-0.15, -0.1) is 0 Å². The van der Waals surface area contributed by atoms with Crippen LogP contribution in [0.3, 0.4) is 0 Å². The van der Waals surface area contributed by atoms with Gasteiger partial charge in [0.1, 0.15) is 11.3 Å². The number of hydrogen-bond acceptors (Lipinski definition) is 6. The van der Waals surface area contributed by atoms with Crippen LogP contribution in [0.2, 0.25) is 0 Å². The average Bonchev–Trinajstić information content (AvgIpc) is 3.38. The Morgan fingerprint density at radius 1 is 1.18 bits per heavy atom. The summed E-state index contributed by atoms with van der Waals surface area (Å²) < 4.78 is 0. The fourth-order valence-corrected chi connectivity index (χ4v) is 5.51. The molecule has 7 heteroatoms. The van der Waals surface area contributed by atoms with Crippen molar-refractivity contribution in [2.24, 2.45) is 11.1 Å². The van der Waals surface area contributed by atoms with Crippen LogP contribution in [-0.4, -0.2) is 38.2 Å². The second kappa shape index (κ2) is 7.49. The van der Waals surface area contributed by atoms with Gasteiger partial charge < -0.3 is 10.6 Å². The number of aromatic amines is 1. The van der Waals surface area contributed by atoms with Crippen molar-refractivity contribution in [1.82, 2.24) is 25.1 Å². The van der Waals surface area contributed by atoms with Crippen LogP contribution in [0.4, 0.5) is 5.82 Å². The van der Waals surface area contributed by atoms with Crippen molar-refractivity contribution in [1.29, 1.82) is 0 Å². The van der Waals surface area contributed by atoms with Gasteiger partial charge in [0, 0.05) is 36.6 Å². The Morgan fingerprint density at radius 2 is 2.00 bits per heavy atom. The minimum absolute atomic E-state index is 0.112. The molecule has 0 saturated carbocycles. The van der Waals surface area contributed by atoms with E-state index in [1.54, 1.807) is 6.20 Å². The number of nitrogens with one attached hydrogen (secondary N) is 1. The summed E-state index contributed by atoms with van der Waals surface area (Å²) in [5.74, 6) is 0.866. The molecule has 0 unspecified atom stereocenters. The third kappa shape index (κ3) is 3.23. The summed E-state index contributed by atoms with van der Waals surface area (Å²) in [6, 6.07) is 12.7. The monoisotopic (exact) mass is 437 g/mol. The summed E-state index contributed by atoms with van der Waals surface area (Å²) in [6.45, 7) is 8.05. The van der Waals surface area contributed by atoms with E-state index in [2.05, 4.69) is 50.9 Å². The summed E-state index contributed by atoms with van der Waals surface area (Å²) in [4.78, 5) is 16.1. The van der Waals surface area contributed by atoms with E-state index < -0.39 is 0 Å². The van der Waals surface area contributed by atoms with Crippen LogP contribution in [-0.2, 0) is 6.42 Å². The second-order valence-electron chi connectivity index (χ2n) is 9.37. The molecule has 33 heavy (non-hydrogen) atoms. The molecule has 1 aliphatic carbocycles. The molecule has 6 rings (SSSR count). The Morgan fingerprint density at radius 3 is 2.79 bits per heavy atom. The van der Waals surface area contributed by atoms with Crippen LogP contribution in [0.5, 0.6) is 0 Å². The number of pyridine rings is 1. The number of fused-ring (bicyclic) bond motifs is 2. The molecule has 0 radical (unpaired) electrons. The third-order valence-electron chi connectivity index (χ3n) is 7.47. The van der Waals surface area contributed by atoms with Crippen LogP contribution in [0.15, 0.2) is 55.4 Å². The molecule has 0 bridgehead atoms. The number of anilines is 1. The van der Waals surface area contributed by atoms with Gasteiger partial charge in [0.25, 0.3) is 0 Å². The fraction of sp³-hybridized carbons (Fsp3) is 0.308. The van der Waals surface area contributed by atoms with Crippen molar-refractivity contribution in [3.63, 3.8) is 0 Å². The highest BCUT2D eigenvalue weighted by Crippen LogP contribution is 2.50. The Balaban J connectivity index is 1.22. The summed E-state index contributed by atoms with van der Waals surface area (Å²) in [5, 5.41) is 7.52. The Kier molecular flexibility index (Phi) is 4.55. The highest BCUT2D eigenvalue weighted by atomic mass is 15.2. The summed E-state index contributed by atoms with van der Waals surface area (Å²) in [6.07, 6.45) is 6.81. The topological polar surface area (TPSA) is 96.6 Å². The first kappa shape index (κ1) is 20.1. The van der Waals surface area contributed by atoms with Crippen LogP contribution in [0, 0.1) is 12.3 Å². The summed E-state index contributed by atoms with van der Waals surface area (Å²) in [7, 11) is 0. The van der Waals surface area contributed by atoms with E-state index in [1.165, 1.54) is 11.1 Å². The van der Waals surface area contributed by atoms with Gasteiger partial charge >= 0.3 is 0 Å². The van der Waals surface area contributed by atoms with Gasteiger partial charge in [-0.2, -0.15) is 5.10 Å². The van der Waals surface area contributed by atoms with Gasteiger partial charge in [0.05, 0.1) is 11.9 Å². The molecule has 3 N–H and O–H groups in total. The minimum atomic E-state index is 0.112. The zero-order chi connectivity index (χ0) is 22.6. The van der Waals surface area contributed by atoms with E-state index >= 15 is 0 Å². The number of nitrogens with zero attached hydrogens (tertiary/aromatic N) is 5. The molecule has 4 heterocycles. The van der Waals surface area contributed by atoms with Crippen molar-refractivity contribution in [2.75, 3.05) is 18.0 Å². The molecular formula is C26H27N7. The molecule has 1 atom stereocenters. The number of piperidine rings is 1. The fourth-order valence-electron chi connectivity index (χ4n) is 5.51. The number of H-pyrrole nitrogens is 1. The second-order valence-corrected chi connectivity index (χ2v) is 9.37. The van der Waals surface area contributed by atoms with Crippen LogP contribution in [0.1, 0.15) is 47.0 Å². The van der Waals surface area contributed by atoms with Crippen molar-refractivity contribution in [2.45, 2.75) is 32.2 Å². The number of rotatable bonds is 3. The Hall–Kier alpha value is -3.58. The van der Waals surface area contributed by atoms with Gasteiger partial charge in [-0.25, -0.2) is 9.97 Å². The lowest BCUT2D eigenvalue weighted by atomic mass is 9.73. The molecule has 166 valence electrons. The molecule has 1 fully saturated rings. The zero-order valence-electron chi connectivity index (χ0n) is 18.8. The first-order valence-corrected chi connectivity index (χ1v) is 11.5. The van der Waals surface area contributed by atoms with E-state index in [0.717, 1.165) is 66.2 Å². The number of aryl methyl sites for hydroxylation is 1. The third-order valence-corrected chi connectivity index (χ3v) is 7.47. The van der Waals surface area contributed by atoms with Gasteiger partial charge in [-0.05, 0) is 60.4 Å². The first-order chi connectivity index (χ1) is 16.0. The van der Waals surface area contributed by atoms with Gasteiger partial charge in [0.2, 0.25) is 5.65 Å². The van der Waals surface area contributed by atoms with Gasteiger partial charge in [-0.1, -0.05) is 30.8 Å². The van der Waals surface area contributed by atoms with Crippen LogP contribution < -0.4 is 10.6 Å². The summed E-state index contributed by atoms with van der Waals surface area (Å²) >= 11 is 0. The Bertz CT molecular complexity index is 1360. The number of hydrogen-bond donors (Lipinski definition) is 2. The lowest BCUT2D eigenvalue weighted by Gasteiger charge is -2.42. The normalized spacial score (nSPS) is 19.2. The lowest BCUT2D eigenvalue weighted by molar-refractivity contribution is 0.187. The molecular weight excluding hydrogens is 410 g/mol. The molecule has 1 aliphatic heterocycles. The lowest BCUT2D eigenvalue weighted by Crippen LogP contribution is -2.44. The number of benzene rings is 1. The standard InChI is InChI=1S/C26H27N7/c1-16-13-18(7-10-28-16)17(2)22-23-25(32-31-22)30-21(15-29-23)33-11-8-26(9-12-33)14-19-5-3-4-6-20(19)24(26)27/h3-7,10,13,15,24H,2,8-9,11-12,14,27H2,1H3,(H,30,31,32)/t24-/m1/s1. The molecule has 1 saturated heterocycles. The van der Waals surface area contributed by atoms with E-state index in [4.69, 9.17) is 15.7 Å². The highest BCUT2D eigenvalue weighted by Gasteiger charge is 2.45. The van der Waals surface area contributed by atoms with Crippen molar-refractivity contribution < 1.29 is 0 Å². The van der Waals surface area contributed by atoms with E-state index in [0.29, 0.717) is 5.65 Å². The maximum Gasteiger partial charge on any atom is 0.202 e. The van der Waals surface area contributed by atoms with E-state index in [-0.39, 0.29) is 11.5 Å². The highest BCUT2D eigenvalue weighted by molar-refractivity contribution is 5.90. The predicted octanol–water partition coefficient (Wildman–Crippen LogP) is 3.96. The largest absolute Gasteiger partial charge is 0.355 e. The first-order valence-electron chi connectivity index (χ1n) is 11.5. The maximum atomic E-state index is 6.73. The summed E-state index contributed by atoms with van der Waals surface area (Å²) in [5.41, 5.74) is 14.5. The molecule has 7 nitrogen and oxygen atoms in total. The van der Waals surface area contributed by atoms with Crippen LogP contribution >= 0.6 is 0 Å². The van der Waals surface area contributed by atoms with Crippen LogP contribution in [0.25, 0.3) is 16.7 Å². The zero-order valence-corrected chi connectivity index (χ0v) is 18.8. The predicted molar refractivity (Wildman–Crippen MR) is 130 cm³/mol. The molecule has 1 spiro atoms. The van der Waals surface area contributed by atoms with E-state index in [1.807, 2.05) is 25.3 Å². The molecule has 2 aliphatic rings. The Labute approximate surface area is 192 Å².